The number of rotatable bonds is 8. The van der Waals surface area contributed by atoms with Crippen LogP contribution < -0.4 is 5.32 Å². The van der Waals surface area contributed by atoms with Crippen LogP contribution in [0.5, 0.6) is 0 Å². The van der Waals surface area contributed by atoms with Crippen LogP contribution in [-0.2, 0) is 6.54 Å². The van der Waals surface area contributed by atoms with Crippen molar-refractivity contribution in [2.45, 2.75) is 20.4 Å². The first-order valence-corrected chi connectivity index (χ1v) is 7.25. The number of halogens is 1. The molecular formula is C15H21FN4O. The number of benzene rings is 1. The second kappa shape index (κ2) is 7.85. The van der Waals surface area contributed by atoms with E-state index in [9.17, 15) is 4.39 Å². The van der Waals surface area contributed by atoms with Gasteiger partial charge in [-0.25, -0.2) is 4.39 Å². The molecule has 0 aliphatic carbocycles. The average molecular weight is 292 g/mol. The van der Waals surface area contributed by atoms with Crippen LogP contribution in [0.3, 0.4) is 0 Å². The molecule has 0 fully saturated rings. The van der Waals surface area contributed by atoms with Gasteiger partial charge in [-0.3, -0.25) is 0 Å². The highest BCUT2D eigenvalue weighted by Crippen LogP contribution is 2.20. The first-order chi connectivity index (χ1) is 10.2. The Kier molecular flexibility index (Phi) is 5.83. The third kappa shape index (κ3) is 4.34. The number of nitrogens with zero attached hydrogens (tertiary/aromatic N) is 3. The van der Waals surface area contributed by atoms with Gasteiger partial charge in [0.15, 0.2) is 0 Å². The highest BCUT2D eigenvalue weighted by atomic mass is 19.1. The molecule has 0 saturated carbocycles. The van der Waals surface area contributed by atoms with Gasteiger partial charge in [-0.15, -0.1) is 10.2 Å². The normalized spacial score (nSPS) is 11.2. The molecule has 0 radical (unpaired) electrons. The Morgan fingerprint density at radius 1 is 1.19 bits per heavy atom. The summed E-state index contributed by atoms with van der Waals surface area (Å²) in [6, 6.07) is 6.37. The van der Waals surface area contributed by atoms with Crippen LogP contribution in [0.25, 0.3) is 11.5 Å². The average Bonchev–Trinajstić information content (AvgIpc) is 2.96. The molecule has 0 amide bonds. The van der Waals surface area contributed by atoms with Gasteiger partial charge in [0.05, 0.1) is 12.1 Å². The molecule has 0 aliphatic rings. The van der Waals surface area contributed by atoms with Crippen molar-refractivity contribution >= 4 is 0 Å². The van der Waals surface area contributed by atoms with Gasteiger partial charge in [-0.1, -0.05) is 26.0 Å². The molecule has 21 heavy (non-hydrogen) atoms. The Balaban J connectivity index is 1.85. The Labute approximate surface area is 124 Å². The molecule has 1 N–H and O–H groups in total. The minimum atomic E-state index is -0.359. The van der Waals surface area contributed by atoms with Crippen LogP contribution in [-0.4, -0.2) is 41.3 Å². The number of likely N-dealkylation sites (N-methyl/N-ethyl adjacent to an activating group) is 1. The lowest BCUT2D eigenvalue weighted by Gasteiger charge is -2.17. The van der Waals surface area contributed by atoms with Gasteiger partial charge in [-0.2, -0.15) is 0 Å². The Bertz CT molecular complexity index is 554. The van der Waals surface area contributed by atoms with Crippen molar-refractivity contribution in [1.82, 2.24) is 20.4 Å². The SMILES string of the molecule is CCN(CC)CCNCc1nnc(-c2ccccc2F)o1. The third-order valence-electron chi connectivity index (χ3n) is 3.35. The zero-order valence-electron chi connectivity index (χ0n) is 12.5. The Hall–Kier alpha value is -1.79. The fourth-order valence-electron chi connectivity index (χ4n) is 2.04. The highest BCUT2D eigenvalue weighted by molar-refractivity contribution is 5.53. The lowest BCUT2D eigenvalue weighted by molar-refractivity contribution is 0.300. The molecule has 0 spiro atoms. The lowest BCUT2D eigenvalue weighted by Crippen LogP contribution is -2.31. The number of nitrogens with one attached hydrogen (secondary N) is 1. The van der Waals surface area contributed by atoms with Gasteiger partial charge in [0.2, 0.25) is 5.89 Å². The molecule has 5 nitrogen and oxygen atoms in total. The molecule has 1 aromatic heterocycles. The fourth-order valence-corrected chi connectivity index (χ4v) is 2.04. The zero-order chi connectivity index (χ0) is 15.1. The van der Waals surface area contributed by atoms with E-state index in [2.05, 4.69) is 34.3 Å². The van der Waals surface area contributed by atoms with Crippen LogP contribution in [0.15, 0.2) is 28.7 Å². The summed E-state index contributed by atoms with van der Waals surface area (Å²) in [5.74, 6) is 0.323. The number of hydrogen-bond acceptors (Lipinski definition) is 5. The third-order valence-corrected chi connectivity index (χ3v) is 3.35. The van der Waals surface area contributed by atoms with E-state index < -0.39 is 0 Å². The second-order valence-corrected chi connectivity index (χ2v) is 4.68. The van der Waals surface area contributed by atoms with Gasteiger partial charge < -0.3 is 14.6 Å². The molecule has 0 aliphatic heterocycles. The predicted octanol–water partition coefficient (Wildman–Crippen LogP) is 2.31. The minimum absolute atomic E-state index is 0.216. The largest absolute Gasteiger partial charge is 0.419 e. The van der Waals surface area contributed by atoms with Crippen molar-refractivity contribution in [1.29, 1.82) is 0 Å². The molecule has 114 valence electrons. The quantitative estimate of drug-likeness (QED) is 0.757. The molecule has 0 saturated heterocycles. The van der Waals surface area contributed by atoms with Crippen molar-refractivity contribution in [2.24, 2.45) is 0 Å². The summed E-state index contributed by atoms with van der Waals surface area (Å²) in [5, 5.41) is 11.1. The summed E-state index contributed by atoms with van der Waals surface area (Å²) in [7, 11) is 0. The molecular weight excluding hydrogens is 271 g/mol. The van der Waals surface area contributed by atoms with E-state index >= 15 is 0 Å². The molecule has 2 rings (SSSR count). The van der Waals surface area contributed by atoms with Gasteiger partial charge >= 0.3 is 0 Å². The molecule has 0 bridgehead atoms. The lowest BCUT2D eigenvalue weighted by atomic mass is 10.2. The van der Waals surface area contributed by atoms with Crippen molar-refractivity contribution in [3.05, 3.63) is 36.0 Å². The maximum absolute atomic E-state index is 13.6. The summed E-state index contributed by atoms with van der Waals surface area (Å²) in [4.78, 5) is 2.32. The van der Waals surface area contributed by atoms with Gasteiger partial charge in [0, 0.05) is 13.1 Å². The van der Waals surface area contributed by atoms with E-state index in [1.807, 2.05) is 0 Å². The highest BCUT2D eigenvalue weighted by Gasteiger charge is 2.12. The van der Waals surface area contributed by atoms with Crippen LogP contribution in [0, 0.1) is 5.82 Å². The number of aromatic nitrogens is 2. The van der Waals surface area contributed by atoms with Crippen molar-refractivity contribution in [2.75, 3.05) is 26.2 Å². The molecule has 1 heterocycles. The monoisotopic (exact) mass is 292 g/mol. The summed E-state index contributed by atoms with van der Waals surface area (Å²) >= 11 is 0. The topological polar surface area (TPSA) is 54.2 Å². The molecule has 1 aromatic carbocycles. The zero-order valence-corrected chi connectivity index (χ0v) is 12.5. The van der Waals surface area contributed by atoms with Gasteiger partial charge in [0.25, 0.3) is 5.89 Å². The first-order valence-electron chi connectivity index (χ1n) is 7.25. The van der Waals surface area contributed by atoms with Crippen LogP contribution in [0.1, 0.15) is 19.7 Å². The van der Waals surface area contributed by atoms with Crippen LogP contribution >= 0.6 is 0 Å². The number of hydrogen-bond donors (Lipinski definition) is 1. The predicted molar refractivity (Wildman–Crippen MR) is 79.2 cm³/mol. The second-order valence-electron chi connectivity index (χ2n) is 4.68. The van der Waals surface area contributed by atoms with E-state index in [-0.39, 0.29) is 11.7 Å². The van der Waals surface area contributed by atoms with Crippen molar-refractivity contribution < 1.29 is 8.81 Å². The molecule has 0 atom stereocenters. The van der Waals surface area contributed by atoms with E-state index in [1.165, 1.54) is 6.07 Å². The van der Waals surface area contributed by atoms with Gasteiger partial charge in [0.1, 0.15) is 5.82 Å². The van der Waals surface area contributed by atoms with E-state index in [1.54, 1.807) is 18.2 Å². The smallest absolute Gasteiger partial charge is 0.250 e. The standard InChI is InChI=1S/C15H21FN4O/c1-3-20(4-2)10-9-17-11-14-18-19-15(21-14)12-7-5-6-8-13(12)16/h5-8,17H,3-4,9-11H2,1-2H3. The molecule has 0 unspecified atom stereocenters. The van der Waals surface area contributed by atoms with Crippen LogP contribution in [0.2, 0.25) is 0 Å². The summed E-state index contributed by atoms with van der Waals surface area (Å²) in [6.45, 7) is 8.67. The Morgan fingerprint density at radius 3 is 2.67 bits per heavy atom. The molecule has 2 aromatic rings. The van der Waals surface area contributed by atoms with E-state index in [0.717, 1.165) is 26.2 Å². The fraction of sp³-hybridized carbons (Fsp3) is 0.467. The summed E-state index contributed by atoms with van der Waals surface area (Å²) in [5.41, 5.74) is 0.333. The van der Waals surface area contributed by atoms with E-state index in [0.29, 0.717) is 18.0 Å². The first kappa shape index (κ1) is 15.6. The minimum Gasteiger partial charge on any atom is -0.419 e. The van der Waals surface area contributed by atoms with Crippen molar-refractivity contribution in [3.8, 4) is 11.5 Å². The molecule has 6 heteroatoms. The maximum atomic E-state index is 13.6. The Morgan fingerprint density at radius 2 is 1.95 bits per heavy atom. The summed E-state index contributed by atoms with van der Waals surface area (Å²) in [6.07, 6.45) is 0. The van der Waals surface area contributed by atoms with Gasteiger partial charge in [-0.05, 0) is 25.2 Å². The van der Waals surface area contributed by atoms with Crippen molar-refractivity contribution in [3.63, 3.8) is 0 Å². The van der Waals surface area contributed by atoms with Crippen LogP contribution in [0.4, 0.5) is 4.39 Å². The summed E-state index contributed by atoms with van der Waals surface area (Å²) < 4.78 is 19.1. The maximum Gasteiger partial charge on any atom is 0.250 e. The van der Waals surface area contributed by atoms with E-state index in [4.69, 9.17) is 4.42 Å².